The van der Waals surface area contributed by atoms with Gasteiger partial charge < -0.3 is 19.4 Å². The predicted octanol–water partition coefficient (Wildman–Crippen LogP) is 4.24. The number of ether oxygens (including phenoxy) is 1. The van der Waals surface area contributed by atoms with Gasteiger partial charge in [-0.2, -0.15) is 0 Å². The molecule has 0 N–H and O–H groups in total. The smallest absolute Gasteiger partial charge is 0.0594 e. The molecule has 0 unspecified atom stereocenters. The molecular formula is C27H58N4O. The van der Waals surface area contributed by atoms with Crippen molar-refractivity contribution >= 4 is 0 Å². The van der Waals surface area contributed by atoms with Gasteiger partial charge in [-0.15, -0.1) is 0 Å². The van der Waals surface area contributed by atoms with Crippen LogP contribution in [0.4, 0.5) is 0 Å². The SMILES string of the molecule is CC(C)C1CCN(C)CC1.CC(C)CN1CCOCC1.CCN1CCN(CC(C)C)CC1. The number of hydrogen-bond donors (Lipinski definition) is 0. The van der Waals surface area contributed by atoms with E-state index in [0.717, 1.165) is 50.0 Å². The fourth-order valence-electron chi connectivity index (χ4n) is 4.80. The van der Waals surface area contributed by atoms with Gasteiger partial charge >= 0.3 is 0 Å². The summed E-state index contributed by atoms with van der Waals surface area (Å²) in [6.07, 6.45) is 2.82. The first kappa shape index (κ1) is 29.8. The van der Waals surface area contributed by atoms with Gasteiger partial charge in [0.15, 0.2) is 0 Å². The molecule has 5 heteroatoms. The van der Waals surface area contributed by atoms with Crippen molar-refractivity contribution in [3.8, 4) is 0 Å². The van der Waals surface area contributed by atoms with Gasteiger partial charge in [0.05, 0.1) is 13.2 Å². The summed E-state index contributed by atoms with van der Waals surface area (Å²) >= 11 is 0. The number of likely N-dealkylation sites (tertiary alicyclic amines) is 1. The molecule has 5 nitrogen and oxygen atoms in total. The molecule has 0 aromatic rings. The van der Waals surface area contributed by atoms with Crippen molar-refractivity contribution in [3.63, 3.8) is 0 Å². The monoisotopic (exact) mass is 454 g/mol. The first-order valence-electron chi connectivity index (χ1n) is 13.6. The van der Waals surface area contributed by atoms with E-state index in [4.69, 9.17) is 4.74 Å². The summed E-state index contributed by atoms with van der Waals surface area (Å²) in [5.41, 5.74) is 0. The predicted molar refractivity (Wildman–Crippen MR) is 141 cm³/mol. The number of piperidine rings is 1. The van der Waals surface area contributed by atoms with Crippen LogP contribution in [0.25, 0.3) is 0 Å². The topological polar surface area (TPSA) is 22.2 Å². The van der Waals surface area contributed by atoms with E-state index in [1.54, 1.807) is 0 Å². The van der Waals surface area contributed by atoms with Crippen molar-refractivity contribution in [2.75, 3.05) is 92.3 Å². The standard InChI is InChI=1S/C10H22N2.C9H19N.C8H17NO/c1-4-11-5-7-12(8-6-11)9-10(2)3;1-8(2)9-4-6-10(3)7-5-9;1-8(2)7-9-3-5-10-6-4-9/h10H,4-9H2,1-3H3;8-9H,4-7H2,1-3H3;8H,3-7H2,1-2H3. The lowest BCUT2D eigenvalue weighted by molar-refractivity contribution is 0.0329. The van der Waals surface area contributed by atoms with Crippen molar-refractivity contribution in [1.29, 1.82) is 0 Å². The molecule has 3 aliphatic heterocycles. The minimum Gasteiger partial charge on any atom is -0.379 e. The summed E-state index contributed by atoms with van der Waals surface area (Å²) < 4.78 is 5.24. The summed E-state index contributed by atoms with van der Waals surface area (Å²) in [5.74, 6) is 3.50. The molecule has 0 saturated carbocycles. The number of nitrogens with zero attached hydrogens (tertiary/aromatic N) is 4. The van der Waals surface area contributed by atoms with Crippen LogP contribution in [0.15, 0.2) is 0 Å². The highest BCUT2D eigenvalue weighted by molar-refractivity contribution is 4.72. The Morgan fingerprint density at radius 3 is 1.50 bits per heavy atom. The number of rotatable bonds is 6. The van der Waals surface area contributed by atoms with Crippen LogP contribution in [0.5, 0.6) is 0 Å². The number of morpholine rings is 1. The Morgan fingerprint density at radius 2 is 1.09 bits per heavy atom. The van der Waals surface area contributed by atoms with E-state index < -0.39 is 0 Å². The van der Waals surface area contributed by atoms with Crippen molar-refractivity contribution in [3.05, 3.63) is 0 Å². The molecule has 192 valence electrons. The lowest BCUT2D eigenvalue weighted by Gasteiger charge is -2.34. The van der Waals surface area contributed by atoms with Gasteiger partial charge in [0.1, 0.15) is 0 Å². The number of piperazine rings is 1. The van der Waals surface area contributed by atoms with Crippen LogP contribution in [0.2, 0.25) is 0 Å². The molecule has 3 rings (SSSR count). The van der Waals surface area contributed by atoms with E-state index in [2.05, 4.69) is 75.1 Å². The quantitative estimate of drug-likeness (QED) is 0.597. The molecular weight excluding hydrogens is 396 g/mol. The average Bonchev–Trinajstić information content (AvgIpc) is 2.75. The van der Waals surface area contributed by atoms with Crippen LogP contribution in [0.1, 0.15) is 61.3 Å². The van der Waals surface area contributed by atoms with E-state index in [-0.39, 0.29) is 0 Å². The normalized spacial score (nSPS) is 22.6. The highest BCUT2D eigenvalue weighted by Crippen LogP contribution is 2.23. The second kappa shape index (κ2) is 17.3. The second-order valence-electron chi connectivity index (χ2n) is 11.3. The van der Waals surface area contributed by atoms with E-state index in [1.807, 2.05) is 0 Å². The van der Waals surface area contributed by atoms with Gasteiger partial charge in [0.2, 0.25) is 0 Å². The van der Waals surface area contributed by atoms with E-state index in [1.165, 1.54) is 71.7 Å². The maximum atomic E-state index is 5.24. The van der Waals surface area contributed by atoms with Crippen molar-refractivity contribution < 1.29 is 4.74 Å². The molecule has 3 saturated heterocycles. The van der Waals surface area contributed by atoms with Gasteiger partial charge in [-0.1, -0.05) is 48.5 Å². The lowest BCUT2D eigenvalue weighted by Crippen LogP contribution is -2.47. The fraction of sp³-hybridized carbons (Fsp3) is 1.00. The number of hydrogen-bond acceptors (Lipinski definition) is 5. The van der Waals surface area contributed by atoms with Crippen LogP contribution in [-0.2, 0) is 4.74 Å². The molecule has 0 atom stereocenters. The van der Waals surface area contributed by atoms with Gasteiger partial charge in [-0.3, -0.25) is 4.90 Å². The summed E-state index contributed by atoms with van der Waals surface area (Å²) in [6.45, 7) is 31.6. The summed E-state index contributed by atoms with van der Waals surface area (Å²) in [6, 6.07) is 0. The largest absolute Gasteiger partial charge is 0.379 e. The lowest BCUT2D eigenvalue weighted by atomic mass is 9.87. The van der Waals surface area contributed by atoms with Crippen LogP contribution < -0.4 is 0 Å². The molecule has 0 bridgehead atoms. The fourth-order valence-corrected chi connectivity index (χ4v) is 4.80. The third-order valence-corrected chi connectivity index (χ3v) is 6.97. The molecule has 3 heterocycles. The van der Waals surface area contributed by atoms with Crippen LogP contribution in [0.3, 0.4) is 0 Å². The third kappa shape index (κ3) is 14.1. The third-order valence-electron chi connectivity index (χ3n) is 6.97. The van der Waals surface area contributed by atoms with Crippen LogP contribution in [-0.4, -0.2) is 112 Å². The zero-order chi connectivity index (χ0) is 23.9. The Morgan fingerprint density at radius 1 is 0.656 bits per heavy atom. The Kier molecular flexibility index (Phi) is 16.1. The van der Waals surface area contributed by atoms with Crippen molar-refractivity contribution in [2.45, 2.75) is 61.3 Å². The molecule has 0 radical (unpaired) electrons. The summed E-state index contributed by atoms with van der Waals surface area (Å²) in [4.78, 5) is 10.0. The summed E-state index contributed by atoms with van der Waals surface area (Å²) in [5, 5.41) is 0. The molecule has 0 spiro atoms. The Bertz CT molecular complexity index is 421. The maximum Gasteiger partial charge on any atom is 0.0594 e. The zero-order valence-electron chi connectivity index (χ0n) is 23.1. The zero-order valence-corrected chi connectivity index (χ0v) is 23.1. The first-order valence-corrected chi connectivity index (χ1v) is 13.6. The minimum atomic E-state index is 0.790. The van der Waals surface area contributed by atoms with Gasteiger partial charge in [0, 0.05) is 52.4 Å². The highest BCUT2D eigenvalue weighted by atomic mass is 16.5. The van der Waals surface area contributed by atoms with Gasteiger partial charge in [-0.05, 0) is 63.2 Å². The van der Waals surface area contributed by atoms with Crippen molar-refractivity contribution in [2.24, 2.45) is 23.7 Å². The second-order valence-corrected chi connectivity index (χ2v) is 11.3. The van der Waals surface area contributed by atoms with Gasteiger partial charge in [0.25, 0.3) is 0 Å². The molecule has 0 aliphatic carbocycles. The Balaban J connectivity index is 0.000000241. The Labute approximate surface area is 201 Å². The molecule has 3 aliphatic rings. The average molecular weight is 455 g/mol. The minimum absolute atomic E-state index is 0.790. The summed E-state index contributed by atoms with van der Waals surface area (Å²) in [7, 11) is 2.22. The van der Waals surface area contributed by atoms with E-state index in [9.17, 15) is 0 Å². The maximum absolute atomic E-state index is 5.24. The molecule has 0 amide bonds. The molecule has 32 heavy (non-hydrogen) atoms. The van der Waals surface area contributed by atoms with Crippen molar-refractivity contribution in [1.82, 2.24) is 19.6 Å². The molecule has 0 aromatic carbocycles. The first-order chi connectivity index (χ1) is 15.2. The number of likely N-dealkylation sites (N-methyl/N-ethyl adjacent to an activating group) is 1. The molecule has 0 aromatic heterocycles. The van der Waals surface area contributed by atoms with E-state index >= 15 is 0 Å². The highest BCUT2D eigenvalue weighted by Gasteiger charge is 2.19. The van der Waals surface area contributed by atoms with Crippen LogP contribution in [0, 0.1) is 23.7 Å². The Hall–Kier alpha value is -0.200. The van der Waals surface area contributed by atoms with Crippen LogP contribution >= 0.6 is 0 Å². The van der Waals surface area contributed by atoms with Gasteiger partial charge in [-0.25, -0.2) is 0 Å². The molecule has 3 fully saturated rings. The van der Waals surface area contributed by atoms with E-state index in [0.29, 0.717) is 0 Å².